The zero-order valence-electron chi connectivity index (χ0n) is 15.6. The Kier molecular flexibility index (Phi) is 6.72. The fraction of sp³-hybridized carbons (Fsp3) is 0.364. The summed E-state index contributed by atoms with van der Waals surface area (Å²) in [5.74, 6) is 3.95. The summed E-state index contributed by atoms with van der Waals surface area (Å²) < 4.78 is 16.1. The zero-order valence-corrected chi connectivity index (χ0v) is 15.6. The highest BCUT2D eigenvalue weighted by molar-refractivity contribution is 5.44. The Balaban J connectivity index is 1.70. The lowest BCUT2D eigenvalue weighted by molar-refractivity contribution is 0.0243. The van der Waals surface area contributed by atoms with Gasteiger partial charge < -0.3 is 19.3 Å². The van der Waals surface area contributed by atoms with Crippen LogP contribution in [0.4, 0.5) is 0 Å². The minimum absolute atomic E-state index is 0.205. The second-order valence-electron chi connectivity index (χ2n) is 6.66. The van der Waals surface area contributed by atoms with E-state index in [0.717, 1.165) is 23.6 Å². The lowest BCUT2D eigenvalue weighted by Gasteiger charge is -2.26. The van der Waals surface area contributed by atoms with Gasteiger partial charge in [0.1, 0.15) is 6.61 Å². The average molecular weight is 367 g/mol. The first-order valence-corrected chi connectivity index (χ1v) is 9.00. The van der Waals surface area contributed by atoms with E-state index in [1.807, 2.05) is 30.3 Å². The number of aryl methyl sites for hydroxylation is 1. The molecule has 0 aromatic heterocycles. The number of terminal acetylenes is 1. The molecule has 0 bridgehead atoms. The van der Waals surface area contributed by atoms with Crippen molar-refractivity contribution in [3.8, 4) is 23.8 Å². The predicted octanol–water partition coefficient (Wildman–Crippen LogP) is 2.74. The van der Waals surface area contributed by atoms with Crippen LogP contribution < -0.4 is 9.47 Å². The molecular weight excluding hydrogens is 342 g/mol. The number of hydrogen-bond donors (Lipinski definition) is 1. The molecule has 3 rings (SSSR count). The summed E-state index contributed by atoms with van der Waals surface area (Å²) >= 11 is 0. The predicted molar refractivity (Wildman–Crippen MR) is 104 cm³/mol. The van der Waals surface area contributed by atoms with Crippen molar-refractivity contribution in [2.45, 2.75) is 26.1 Å². The topological polar surface area (TPSA) is 51.2 Å². The minimum atomic E-state index is -0.614. The van der Waals surface area contributed by atoms with Gasteiger partial charge in [-0.15, -0.1) is 6.42 Å². The third-order valence-electron chi connectivity index (χ3n) is 4.46. The first kappa shape index (κ1) is 19.2. The highest BCUT2D eigenvalue weighted by atomic mass is 16.7. The highest BCUT2D eigenvalue weighted by Gasteiger charge is 2.17. The van der Waals surface area contributed by atoms with E-state index in [2.05, 4.69) is 29.9 Å². The summed E-state index contributed by atoms with van der Waals surface area (Å²) in [6.45, 7) is 4.67. The summed E-state index contributed by atoms with van der Waals surface area (Å²) in [7, 11) is 0. The third-order valence-corrected chi connectivity index (χ3v) is 4.46. The molecule has 5 nitrogen and oxygen atoms in total. The van der Waals surface area contributed by atoms with Gasteiger partial charge in [-0.25, -0.2) is 0 Å². The van der Waals surface area contributed by atoms with Crippen LogP contribution >= 0.6 is 0 Å². The molecule has 0 fully saturated rings. The number of benzene rings is 2. The maximum atomic E-state index is 10.3. The summed E-state index contributed by atoms with van der Waals surface area (Å²) in [5.41, 5.74) is 3.56. The molecule has 0 radical (unpaired) electrons. The summed E-state index contributed by atoms with van der Waals surface area (Å²) in [4.78, 5) is 2.20. The van der Waals surface area contributed by atoms with E-state index in [-0.39, 0.29) is 20.0 Å². The molecule has 1 N–H and O–H groups in total. The van der Waals surface area contributed by atoms with E-state index in [0.29, 0.717) is 13.1 Å². The Hall–Kier alpha value is -2.52. The number of aliphatic hydroxyl groups is 1. The van der Waals surface area contributed by atoms with Crippen LogP contribution in [0.15, 0.2) is 42.5 Å². The molecular formula is C22H25NO4. The van der Waals surface area contributed by atoms with Crippen molar-refractivity contribution in [2.24, 2.45) is 0 Å². The summed E-state index contributed by atoms with van der Waals surface area (Å²) in [6.07, 6.45) is 4.58. The van der Waals surface area contributed by atoms with Gasteiger partial charge in [-0.1, -0.05) is 36.3 Å². The normalized spacial score (nSPS) is 13.6. The smallest absolute Gasteiger partial charge is 0.231 e. The molecule has 2 aromatic rings. The van der Waals surface area contributed by atoms with Crippen molar-refractivity contribution in [1.29, 1.82) is 0 Å². The van der Waals surface area contributed by atoms with Crippen LogP contribution in [0.2, 0.25) is 0 Å². The van der Waals surface area contributed by atoms with E-state index in [1.54, 1.807) is 0 Å². The standard InChI is InChI=1S/C22H25NO4/c1-3-10-25-15-20(24)14-23(13-19-7-5-4-6-17(19)2)12-18-8-9-21-22(11-18)27-16-26-21/h1,4-9,11,20,24H,10,12-16H2,2H3. The van der Waals surface area contributed by atoms with Crippen LogP contribution in [0.25, 0.3) is 0 Å². The molecule has 2 aromatic carbocycles. The SMILES string of the molecule is C#CCOCC(O)CN(Cc1ccc2c(c1)OCO2)Cc1ccccc1C. The zero-order chi connectivity index (χ0) is 19.1. The number of rotatable bonds is 9. The lowest BCUT2D eigenvalue weighted by Crippen LogP contribution is -2.34. The van der Waals surface area contributed by atoms with E-state index >= 15 is 0 Å². The van der Waals surface area contributed by atoms with Gasteiger partial charge >= 0.3 is 0 Å². The molecule has 0 saturated heterocycles. The van der Waals surface area contributed by atoms with Gasteiger partial charge in [-0.3, -0.25) is 4.90 Å². The van der Waals surface area contributed by atoms with Gasteiger partial charge in [0.2, 0.25) is 6.79 Å². The van der Waals surface area contributed by atoms with Gasteiger partial charge in [-0.05, 0) is 35.7 Å². The molecule has 1 heterocycles. The number of aliphatic hydroxyl groups excluding tert-OH is 1. The van der Waals surface area contributed by atoms with Gasteiger partial charge in [0.05, 0.1) is 12.7 Å². The molecule has 1 atom stereocenters. The highest BCUT2D eigenvalue weighted by Crippen LogP contribution is 2.33. The maximum absolute atomic E-state index is 10.3. The van der Waals surface area contributed by atoms with E-state index in [9.17, 15) is 5.11 Å². The van der Waals surface area contributed by atoms with Crippen molar-refractivity contribution in [3.05, 3.63) is 59.2 Å². The molecule has 1 aliphatic rings. The van der Waals surface area contributed by atoms with Crippen LogP contribution in [-0.4, -0.2) is 42.7 Å². The summed E-state index contributed by atoms with van der Waals surface area (Å²) in [5, 5.41) is 10.3. The monoisotopic (exact) mass is 367 g/mol. The lowest BCUT2D eigenvalue weighted by atomic mass is 10.1. The van der Waals surface area contributed by atoms with Gasteiger partial charge in [-0.2, -0.15) is 0 Å². The molecule has 0 amide bonds. The second-order valence-corrected chi connectivity index (χ2v) is 6.66. The van der Waals surface area contributed by atoms with E-state index in [4.69, 9.17) is 20.6 Å². The van der Waals surface area contributed by atoms with Crippen molar-refractivity contribution < 1.29 is 19.3 Å². The van der Waals surface area contributed by atoms with Crippen molar-refractivity contribution in [1.82, 2.24) is 4.90 Å². The first-order valence-electron chi connectivity index (χ1n) is 9.00. The Morgan fingerprint density at radius 2 is 2.00 bits per heavy atom. The minimum Gasteiger partial charge on any atom is -0.454 e. The number of nitrogens with zero attached hydrogens (tertiary/aromatic N) is 1. The van der Waals surface area contributed by atoms with Crippen LogP contribution in [0.3, 0.4) is 0 Å². The molecule has 0 aliphatic carbocycles. The van der Waals surface area contributed by atoms with Crippen LogP contribution in [0.1, 0.15) is 16.7 Å². The average Bonchev–Trinajstić information content (AvgIpc) is 3.11. The molecule has 0 saturated carbocycles. The van der Waals surface area contributed by atoms with Crippen LogP contribution in [0.5, 0.6) is 11.5 Å². The molecule has 5 heteroatoms. The second kappa shape index (κ2) is 9.43. The fourth-order valence-corrected chi connectivity index (χ4v) is 3.12. The maximum Gasteiger partial charge on any atom is 0.231 e. The van der Waals surface area contributed by atoms with Crippen molar-refractivity contribution in [2.75, 3.05) is 26.6 Å². The number of ether oxygens (including phenoxy) is 3. The largest absolute Gasteiger partial charge is 0.454 e. The molecule has 1 unspecified atom stereocenters. The van der Waals surface area contributed by atoms with Crippen molar-refractivity contribution >= 4 is 0 Å². The third kappa shape index (κ3) is 5.48. The van der Waals surface area contributed by atoms with E-state index in [1.165, 1.54) is 11.1 Å². The fourth-order valence-electron chi connectivity index (χ4n) is 3.12. The molecule has 1 aliphatic heterocycles. The molecule has 27 heavy (non-hydrogen) atoms. The van der Waals surface area contributed by atoms with Gasteiger partial charge in [0.15, 0.2) is 11.5 Å². The first-order chi connectivity index (χ1) is 13.2. The van der Waals surface area contributed by atoms with Crippen LogP contribution in [-0.2, 0) is 17.8 Å². The Morgan fingerprint density at radius 3 is 2.81 bits per heavy atom. The molecule has 0 spiro atoms. The van der Waals surface area contributed by atoms with Gasteiger partial charge in [0.25, 0.3) is 0 Å². The van der Waals surface area contributed by atoms with Crippen molar-refractivity contribution in [3.63, 3.8) is 0 Å². The molecule has 142 valence electrons. The van der Waals surface area contributed by atoms with Gasteiger partial charge in [0, 0.05) is 19.6 Å². The quantitative estimate of drug-likeness (QED) is 0.546. The number of fused-ring (bicyclic) bond motifs is 1. The van der Waals surface area contributed by atoms with E-state index < -0.39 is 6.10 Å². The van der Waals surface area contributed by atoms with Crippen LogP contribution in [0, 0.1) is 19.3 Å². The summed E-state index contributed by atoms with van der Waals surface area (Å²) in [6, 6.07) is 14.2. The Bertz CT molecular complexity index is 799. The Labute approximate surface area is 160 Å². The Morgan fingerprint density at radius 1 is 1.19 bits per heavy atom. The number of hydrogen-bond acceptors (Lipinski definition) is 5.